The molecule has 0 fully saturated rings. The highest BCUT2D eigenvalue weighted by atomic mass is 16.4. The molecule has 0 rings (SSSR count). The van der Waals surface area contributed by atoms with Crippen molar-refractivity contribution in [3.63, 3.8) is 0 Å². The van der Waals surface area contributed by atoms with Gasteiger partial charge in [-0.2, -0.15) is 0 Å². The van der Waals surface area contributed by atoms with Crippen molar-refractivity contribution in [2.24, 2.45) is 5.73 Å². The summed E-state index contributed by atoms with van der Waals surface area (Å²) in [6.45, 7) is 3.11. The third kappa shape index (κ3) is 26.5. The summed E-state index contributed by atoms with van der Waals surface area (Å²) in [6, 6.07) is 0. The van der Waals surface area contributed by atoms with E-state index in [0.717, 1.165) is 6.54 Å². The first-order chi connectivity index (χ1) is 9.04. The van der Waals surface area contributed by atoms with Gasteiger partial charge in [0.05, 0.1) is 0 Å². The maximum atomic E-state index is 9.90. The van der Waals surface area contributed by atoms with Crippen LogP contribution in [0.2, 0.25) is 0 Å². The minimum absolute atomic E-state index is 0.0628. The number of aliphatic carboxylic acids is 2. The van der Waals surface area contributed by atoms with Crippen LogP contribution in [0.1, 0.15) is 71.1 Å². The van der Waals surface area contributed by atoms with Gasteiger partial charge in [-0.15, -0.1) is 0 Å². The van der Waals surface area contributed by atoms with Gasteiger partial charge in [-0.25, -0.2) is 0 Å². The van der Waals surface area contributed by atoms with Crippen LogP contribution in [-0.2, 0) is 9.59 Å². The molecule has 0 spiro atoms. The predicted molar refractivity (Wildman–Crippen MR) is 76.2 cm³/mol. The van der Waals surface area contributed by atoms with E-state index in [1.54, 1.807) is 0 Å². The van der Waals surface area contributed by atoms with Crippen LogP contribution in [0.3, 0.4) is 0 Å². The zero-order valence-corrected chi connectivity index (χ0v) is 12.1. The van der Waals surface area contributed by atoms with Crippen molar-refractivity contribution in [3.8, 4) is 0 Å². The van der Waals surface area contributed by atoms with Crippen molar-refractivity contribution in [2.45, 2.75) is 71.1 Å². The molecule has 0 heterocycles. The molecule has 0 aliphatic rings. The Morgan fingerprint density at radius 1 is 0.789 bits per heavy atom. The second-order valence-electron chi connectivity index (χ2n) is 4.55. The molecule has 0 saturated carbocycles. The molecular weight excluding hydrogens is 246 g/mol. The molecule has 114 valence electrons. The van der Waals surface area contributed by atoms with Gasteiger partial charge in [0.1, 0.15) is 0 Å². The van der Waals surface area contributed by atoms with Gasteiger partial charge in [-0.1, -0.05) is 39.0 Å². The molecule has 5 heteroatoms. The average Bonchev–Trinajstić information content (AvgIpc) is 2.35. The summed E-state index contributed by atoms with van der Waals surface area (Å²) in [5.74, 6) is -1.74. The van der Waals surface area contributed by atoms with E-state index >= 15 is 0 Å². The van der Waals surface area contributed by atoms with Crippen LogP contribution in [0.4, 0.5) is 0 Å². The number of carboxylic acid groups (broad SMARTS) is 2. The number of carboxylic acids is 2. The molecule has 0 bridgehead atoms. The highest BCUT2D eigenvalue weighted by Crippen LogP contribution is 2.03. The Labute approximate surface area is 116 Å². The van der Waals surface area contributed by atoms with Crippen LogP contribution >= 0.6 is 0 Å². The first-order valence-electron chi connectivity index (χ1n) is 7.18. The molecule has 4 N–H and O–H groups in total. The number of nitrogens with two attached hydrogens (primary N) is 1. The lowest BCUT2D eigenvalue weighted by Crippen LogP contribution is -1.97. The molecule has 0 aromatic carbocycles. The number of unbranched alkanes of at least 4 members (excludes halogenated alkanes) is 6. The molecule has 0 aromatic heterocycles. The summed E-state index contributed by atoms with van der Waals surface area (Å²) >= 11 is 0. The van der Waals surface area contributed by atoms with Gasteiger partial charge < -0.3 is 15.9 Å². The highest BCUT2D eigenvalue weighted by molar-refractivity contribution is 5.67. The minimum atomic E-state index is -0.870. The fourth-order valence-electron chi connectivity index (χ4n) is 1.48. The van der Waals surface area contributed by atoms with E-state index in [0.29, 0.717) is 12.8 Å². The van der Waals surface area contributed by atoms with Crippen LogP contribution < -0.4 is 5.73 Å². The summed E-state index contributed by atoms with van der Waals surface area (Å²) < 4.78 is 0. The molecule has 0 amide bonds. The Morgan fingerprint density at radius 2 is 1.21 bits per heavy atom. The van der Waals surface area contributed by atoms with Crippen LogP contribution in [-0.4, -0.2) is 28.7 Å². The standard InChI is InChI=1S/C8H19N.C6H10O4/c1-2-3-4-5-6-7-8-9;7-5(8)3-1-2-4-6(9)10/h2-9H2,1H3;1-4H2,(H,7,8)(H,9,10). The summed E-state index contributed by atoms with van der Waals surface area (Å²) in [5.41, 5.74) is 5.34. The Hall–Kier alpha value is -1.10. The second kappa shape index (κ2) is 16.9. The zero-order valence-electron chi connectivity index (χ0n) is 12.1. The van der Waals surface area contributed by atoms with Crippen LogP contribution in [0.15, 0.2) is 0 Å². The van der Waals surface area contributed by atoms with Crippen molar-refractivity contribution in [3.05, 3.63) is 0 Å². The van der Waals surface area contributed by atoms with Crippen LogP contribution in [0, 0.1) is 0 Å². The van der Waals surface area contributed by atoms with Gasteiger partial charge in [-0.3, -0.25) is 9.59 Å². The molecular formula is C14H29NO4. The quantitative estimate of drug-likeness (QED) is 0.503. The zero-order chi connectivity index (χ0) is 14.9. The number of carbonyl (C=O) groups is 2. The third-order valence-corrected chi connectivity index (χ3v) is 2.59. The van der Waals surface area contributed by atoms with E-state index < -0.39 is 11.9 Å². The predicted octanol–water partition coefficient (Wildman–Crippen LogP) is 3.02. The number of hydrogen-bond donors (Lipinski definition) is 3. The molecule has 0 radical (unpaired) electrons. The molecule has 0 aromatic rings. The Bertz CT molecular complexity index is 197. The van der Waals surface area contributed by atoms with Crippen molar-refractivity contribution in [1.82, 2.24) is 0 Å². The lowest BCUT2D eigenvalue weighted by Gasteiger charge is -1.96. The lowest BCUT2D eigenvalue weighted by atomic mass is 10.1. The SMILES string of the molecule is CCCCCCCCN.O=C(O)CCCCC(=O)O. The van der Waals surface area contributed by atoms with E-state index in [1.165, 1.54) is 38.5 Å². The van der Waals surface area contributed by atoms with Crippen molar-refractivity contribution >= 4 is 11.9 Å². The first kappa shape index (κ1) is 20.2. The van der Waals surface area contributed by atoms with Gasteiger partial charge in [0.15, 0.2) is 0 Å². The number of hydrogen-bond acceptors (Lipinski definition) is 3. The molecule has 5 nitrogen and oxygen atoms in total. The van der Waals surface area contributed by atoms with Gasteiger partial charge in [0.2, 0.25) is 0 Å². The summed E-state index contributed by atoms with van der Waals surface area (Å²) in [5, 5.41) is 16.3. The van der Waals surface area contributed by atoms with Crippen molar-refractivity contribution in [1.29, 1.82) is 0 Å². The monoisotopic (exact) mass is 275 g/mol. The maximum Gasteiger partial charge on any atom is 0.303 e. The molecule has 19 heavy (non-hydrogen) atoms. The first-order valence-corrected chi connectivity index (χ1v) is 7.18. The van der Waals surface area contributed by atoms with Gasteiger partial charge in [0.25, 0.3) is 0 Å². The maximum absolute atomic E-state index is 9.90. The molecule has 0 atom stereocenters. The van der Waals surface area contributed by atoms with Gasteiger partial charge >= 0.3 is 11.9 Å². The molecule has 0 aliphatic carbocycles. The van der Waals surface area contributed by atoms with Crippen molar-refractivity contribution in [2.75, 3.05) is 6.54 Å². The molecule has 0 aliphatic heterocycles. The van der Waals surface area contributed by atoms with E-state index in [4.69, 9.17) is 15.9 Å². The number of rotatable bonds is 11. The summed E-state index contributed by atoms with van der Waals surface area (Å²) in [7, 11) is 0. The second-order valence-corrected chi connectivity index (χ2v) is 4.55. The van der Waals surface area contributed by atoms with E-state index in [9.17, 15) is 9.59 Å². The minimum Gasteiger partial charge on any atom is -0.481 e. The van der Waals surface area contributed by atoms with Crippen LogP contribution in [0.5, 0.6) is 0 Å². The summed E-state index contributed by atoms with van der Waals surface area (Å²) in [4.78, 5) is 19.8. The Kier molecular flexibility index (Phi) is 18.0. The topological polar surface area (TPSA) is 101 Å². The van der Waals surface area contributed by atoms with E-state index in [2.05, 4.69) is 6.92 Å². The fourth-order valence-corrected chi connectivity index (χ4v) is 1.48. The van der Waals surface area contributed by atoms with Crippen LogP contribution in [0.25, 0.3) is 0 Å². The fraction of sp³-hybridized carbons (Fsp3) is 0.857. The highest BCUT2D eigenvalue weighted by Gasteiger charge is 1.99. The molecule has 0 saturated heterocycles. The smallest absolute Gasteiger partial charge is 0.303 e. The summed E-state index contributed by atoms with van der Waals surface area (Å²) in [6.07, 6.45) is 9.07. The Balaban J connectivity index is 0. The van der Waals surface area contributed by atoms with E-state index in [-0.39, 0.29) is 12.8 Å². The Morgan fingerprint density at radius 3 is 1.58 bits per heavy atom. The normalized spacial score (nSPS) is 9.58. The lowest BCUT2D eigenvalue weighted by molar-refractivity contribution is -0.139. The average molecular weight is 275 g/mol. The third-order valence-electron chi connectivity index (χ3n) is 2.59. The van der Waals surface area contributed by atoms with Gasteiger partial charge in [-0.05, 0) is 25.8 Å². The largest absolute Gasteiger partial charge is 0.481 e. The molecule has 0 unspecified atom stereocenters. The van der Waals surface area contributed by atoms with Gasteiger partial charge in [0, 0.05) is 12.8 Å². The van der Waals surface area contributed by atoms with Crippen molar-refractivity contribution < 1.29 is 19.8 Å². The van der Waals surface area contributed by atoms with E-state index in [1.807, 2.05) is 0 Å².